The van der Waals surface area contributed by atoms with Crippen LogP contribution in [0.5, 0.6) is 0 Å². The highest BCUT2D eigenvalue weighted by Crippen LogP contribution is 2.24. The quantitative estimate of drug-likeness (QED) is 0.883. The number of nitrogens with zero attached hydrogens (tertiary/aromatic N) is 3. The van der Waals surface area contributed by atoms with Crippen molar-refractivity contribution in [1.82, 2.24) is 9.78 Å². The molecule has 0 spiro atoms. The van der Waals surface area contributed by atoms with Crippen molar-refractivity contribution in [2.75, 3.05) is 11.1 Å². The van der Waals surface area contributed by atoms with Gasteiger partial charge in [0.2, 0.25) is 0 Å². The molecule has 0 atom stereocenters. The van der Waals surface area contributed by atoms with Gasteiger partial charge in [0.05, 0.1) is 29.2 Å². The van der Waals surface area contributed by atoms with Gasteiger partial charge in [-0.2, -0.15) is 10.4 Å². The molecule has 1 aromatic carbocycles. The van der Waals surface area contributed by atoms with Crippen molar-refractivity contribution < 1.29 is 4.79 Å². The zero-order chi connectivity index (χ0) is 14.0. The van der Waals surface area contributed by atoms with Crippen molar-refractivity contribution in [1.29, 1.82) is 5.26 Å². The van der Waals surface area contributed by atoms with Crippen LogP contribution in [0.15, 0.2) is 28.9 Å². The van der Waals surface area contributed by atoms with Crippen LogP contribution in [-0.4, -0.2) is 15.7 Å². The lowest BCUT2D eigenvalue weighted by Gasteiger charge is -2.08. The number of aromatic nitrogens is 2. The van der Waals surface area contributed by atoms with Gasteiger partial charge in [0.1, 0.15) is 5.69 Å². The van der Waals surface area contributed by atoms with Gasteiger partial charge in [-0.3, -0.25) is 9.48 Å². The van der Waals surface area contributed by atoms with Gasteiger partial charge in [-0.1, -0.05) is 0 Å². The standard InChI is InChI=1S/C12H10BrN5O/c1-18-11(9(15)6-16-18)12(19)17-10-3-2-7(5-14)4-8(10)13/h2-4,6H,15H2,1H3,(H,17,19). The van der Waals surface area contributed by atoms with E-state index in [1.807, 2.05) is 6.07 Å². The molecular weight excluding hydrogens is 310 g/mol. The second kappa shape index (κ2) is 5.12. The van der Waals surface area contributed by atoms with Crippen molar-refractivity contribution in [2.45, 2.75) is 0 Å². The maximum Gasteiger partial charge on any atom is 0.276 e. The van der Waals surface area contributed by atoms with Crippen LogP contribution < -0.4 is 11.1 Å². The van der Waals surface area contributed by atoms with Gasteiger partial charge in [-0.05, 0) is 34.1 Å². The van der Waals surface area contributed by atoms with E-state index in [0.29, 0.717) is 21.4 Å². The lowest BCUT2D eigenvalue weighted by molar-refractivity contribution is 0.101. The van der Waals surface area contributed by atoms with E-state index in [2.05, 4.69) is 26.3 Å². The third-order valence-electron chi connectivity index (χ3n) is 2.53. The van der Waals surface area contributed by atoms with Gasteiger partial charge in [-0.25, -0.2) is 0 Å². The Morgan fingerprint density at radius 2 is 2.32 bits per heavy atom. The lowest BCUT2D eigenvalue weighted by atomic mass is 10.2. The molecule has 0 aliphatic heterocycles. The van der Waals surface area contributed by atoms with Gasteiger partial charge in [-0.15, -0.1) is 0 Å². The van der Waals surface area contributed by atoms with Crippen LogP contribution in [-0.2, 0) is 7.05 Å². The number of aryl methyl sites for hydroxylation is 1. The molecule has 0 unspecified atom stereocenters. The zero-order valence-electron chi connectivity index (χ0n) is 10.0. The van der Waals surface area contributed by atoms with E-state index in [1.54, 1.807) is 25.2 Å². The van der Waals surface area contributed by atoms with Gasteiger partial charge in [0.15, 0.2) is 0 Å². The molecule has 3 N–H and O–H groups in total. The Hall–Kier alpha value is -2.33. The minimum atomic E-state index is -0.358. The maximum atomic E-state index is 12.1. The van der Waals surface area contributed by atoms with Crippen LogP contribution in [0.25, 0.3) is 0 Å². The molecular formula is C12H10BrN5O. The Kier molecular flexibility index (Phi) is 3.53. The summed E-state index contributed by atoms with van der Waals surface area (Å²) in [7, 11) is 1.64. The number of rotatable bonds is 2. The predicted octanol–water partition coefficient (Wildman–Crippen LogP) is 1.89. The number of carbonyl (C=O) groups excluding carboxylic acids is 1. The average molecular weight is 320 g/mol. The van der Waals surface area contributed by atoms with E-state index in [-0.39, 0.29) is 11.6 Å². The highest BCUT2D eigenvalue weighted by atomic mass is 79.9. The number of benzene rings is 1. The van der Waals surface area contributed by atoms with Crippen LogP contribution in [0.1, 0.15) is 16.1 Å². The van der Waals surface area contributed by atoms with Crippen LogP contribution in [0.4, 0.5) is 11.4 Å². The lowest BCUT2D eigenvalue weighted by Crippen LogP contribution is -2.17. The van der Waals surface area contributed by atoms with Crippen molar-refractivity contribution in [2.24, 2.45) is 7.05 Å². The third-order valence-corrected chi connectivity index (χ3v) is 3.18. The molecule has 0 aliphatic carbocycles. The summed E-state index contributed by atoms with van der Waals surface area (Å²) in [6, 6.07) is 6.91. The number of carbonyl (C=O) groups is 1. The van der Waals surface area contributed by atoms with Gasteiger partial charge in [0.25, 0.3) is 5.91 Å². The summed E-state index contributed by atoms with van der Waals surface area (Å²) in [5.74, 6) is -0.358. The Morgan fingerprint density at radius 3 is 2.84 bits per heavy atom. The minimum Gasteiger partial charge on any atom is -0.396 e. The number of hydrogen-bond acceptors (Lipinski definition) is 4. The smallest absolute Gasteiger partial charge is 0.276 e. The molecule has 2 rings (SSSR count). The number of anilines is 2. The van der Waals surface area contributed by atoms with Crippen molar-refractivity contribution in [3.63, 3.8) is 0 Å². The molecule has 0 radical (unpaired) electrons. The largest absolute Gasteiger partial charge is 0.396 e. The van der Waals surface area contributed by atoms with Crippen molar-refractivity contribution >= 4 is 33.2 Å². The maximum absolute atomic E-state index is 12.1. The van der Waals surface area contributed by atoms with Crippen LogP contribution in [0, 0.1) is 11.3 Å². The Bertz CT molecular complexity index is 666. The molecule has 0 saturated heterocycles. The molecule has 2 aromatic rings. The first kappa shape index (κ1) is 13.1. The van der Waals surface area contributed by atoms with Gasteiger partial charge >= 0.3 is 0 Å². The molecule has 19 heavy (non-hydrogen) atoms. The summed E-state index contributed by atoms with van der Waals surface area (Å²) in [6.45, 7) is 0. The van der Waals surface area contributed by atoms with Crippen LogP contribution in [0.2, 0.25) is 0 Å². The van der Waals surface area contributed by atoms with E-state index in [1.165, 1.54) is 10.9 Å². The van der Waals surface area contributed by atoms with E-state index in [0.717, 1.165) is 0 Å². The molecule has 96 valence electrons. The number of halogens is 1. The predicted molar refractivity (Wildman–Crippen MR) is 74.4 cm³/mol. The number of hydrogen-bond donors (Lipinski definition) is 2. The fourth-order valence-electron chi connectivity index (χ4n) is 1.60. The van der Waals surface area contributed by atoms with E-state index in [4.69, 9.17) is 11.0 Å². The van der Waals surface area contributed by atoms with E-state index >= 15 is 0 Å². The summed E-state index contributed by atoms with van der Waals surface area (Å²) in [5.41, 5.74) is 7.34. The zero-order valence-corrected chi connectivity index (χ0v) is 11.6. The fraction of sp³-hybridized carbons (Fsp3) is 0.0833. The first-order valence-corrected chi connectivity index (χ1v) is 6.10. The Labute approximate surface area is 118 Å². The Balaban J connectivity index is 2.28. The molecule has 6 nitrogen and oxygen atoms in total. The highest BCUT2D eigenvalue weighted by molar-refractivity contribution is 9.10. The van der Waals surface area contributed by atoms with Crippen LogP contribution in [0.3, 0.4) is 0 Å². The molecule has 1 aromatic heterocycles. The fourth-order valence-corrected chi connectivity index (χ4v) is 2.08. The number of amides is 1. The molecule has 1 heterocycles. The number of nitrogen functional groups attached to an aromatic ring is 1. The van der Waals surface area contributed by atoms with Crippen molar-refractivity contribution in [3.05, 3.63) is 40.1 Å². The number of nitriles is 1. The van der Waals surface area contributed by atoms with Crippen molar-refractivity contribution in [3.8, 4) is 6.07 Å². The monoisotopic (exact) mass is 319 g/mol. The van der Waals surface area contributed by atoms with Gasteiger partial charge < -0.3 is 11.1 Å². The molecule has 0 aliphatic rings. The summed E-state index contributed by atoms with van der Waals surface area (Å²) >= 11 is 3.30. The average Bonchev–Trinajstić information content (AvgIpc) is 2.71. The first-order valence-electron chi connectivity index (χ1n) is 5.31. The van der Waals surface area contributed by atoms with E-state index < -0.39 is 0 Å². The second-order valence-electron chi connectivity index (χ2n) is 3.83. The molecule has 0 bridgehead atoms. The topological polar surface area (TPSA) is 96.7 Å². The second-order valence-corrected chi connectivity index (χ2v) is 4.69. The third kappa shape index (κ3) is 2.58. The van der Waals surface area contributed by atoms with Crippen LogP contribution >= 0.6 is 15.9 Å². The Morgan fingerprint density at radius 1 is 1.58 bits per heavy atom. The number of nitrogens with one attached hydrogen (secondary N) is 1. The number of nitrogens with two attached hydrogens (primary N) is 1. The molecule has 1 amide bonds. The summed E-state index contributed by atoms with van der Waals surface area (Å²) in [4.78, 5) is 12.1. The minimum absolute atomic E-state index is 0.288. The SMILES string of the molecule is Cn1ncc(N)c1C(=O)Nc1ccc(C#N)cc1Br. The van der Waals surface area contributed by atoms with E-state index in [9.17, 15) is 4.79 Å². The molecule has 7 heteroatoms. The normalized spacial score (nSPS) is 9.95. The summed E-state index contributed by atoms with van der Waals surface area (Å²) < 4.78 is 2.03. The molecule has 0 saturated carbocycles. The summed E-state index contributed by atoms with van der Waals surface area (Å²) in [5, 5.41) is 15.4. The highest BCUT2D eigenvalue weighted by Gasteiger charge is 2.16. The first-order chi connectivity index (χ1) is 9.02. The summed E-state index contributed by atoms with van der Waals surface area (Å²) in [6.07, 6.45) is 1.42. The molecule has 0 fully saturated rings. The van der Waals surface area contributed by atoms with Gasteiger partial charge in [0, 0.05) is 11.5 Å².